The molecule has 0 amide bonds. The molecule has 0 aliphatic heterocycles. The Morgan fingerprint density at radius 3 is 2.53 bits per heavy atom. The monoisotopic (exact) mass is 332 g/mol. The number of halogens is 3. The lowest BCUT2D eigenvalue weighted by Gasteiger charge is -2.10. The molecule has 0 fully saturated rings. The summed E-state index contributed by atoms with van der Waals surface area (Å²) in [5, 5.41) is -0.234. The molecule has 2 aromatic rings. The average molecular weight is 334 g/mol. The van der Waals surface area contributed by atoms with Crippen molar-refractivity contribution >= 4 is 38.9 Å². The SMILES string of the molecule is Cc1cc(Br)c(C(Cl)c2ccc(F)c(C)c2)s1. The van der Waals surface area contributed by atoms with E-state index in [1.807, 2.05) is 13.0 Å². The normalized spacial score (nSPS) is 12.8. The van der Waals surface area contributed by atoms with Crippen LogP contribution in [0.2, 0.25) is 0 Å². The number of hydrogen-bond acceptors (Lipinski definition) is 1. The minimum Gasteiger partial charge on any atom is -0.207 e. The molecule has 0 aliphatic rings. The molecule has 1 heterocycles. The standard InChI is InChI=1S/C13H11BrClFS/c1-7-5-9(3-4-11(7)16)12(15)13-10(14)6-8(2)17-13/h3-6,12H,1-2H3. The van der Waals surface area contributed by atoms with Crippen molar-refractivity contribution in [3.63, 3.8) is 0 Å². The molecule has 0 nitrogen and oxygen atoms in total. The van der Waals surface area contributed by atoms with Gasteiger partial charge in [0, 0.05) is 14.2 Å². The van der Waals surface area contributed by atoms with Gasteiger partial charge in [-0.3, -0.25) is 0 Å². The predicted molar refractivity (Wildman–Crippen MR) is 75.6 cm³/mol. The van der Waals surface area contributed by atoms with Crippen molar-refractivity contribution in [3.05, 3.63) is 55.4 Å². The Bertz CT molecular complexity index is 550. The lowest BCUT2D eigenvalue weighted by molar-refractivity contribution is 0.617. The van der Waals surface area contributed by atoms with Crippen molar-refractivity contribution in [3.8, 4) is 0 Å². The lowest BCUT2D eigenvalue weighted by atomic mass is 10.1. The van der Waals surface area contributed by atoms with Gasteiger partial charge < -0.3 is 0 Å². The predicted octanol–water partition coefficient (Wildman–Crippen LogP) is 5.59. The molecule has 1 unspecified atom stereocenters. The molecule has 0 spiro atoms. The van der Waals surface area contributed by atoms with Gasteiger partial charge in [-0.25, -0.2) is 4.39 Å². The summed E-state index contributed by atoms with van der Waals surface area (Å²) in [5.41, 5.74) is 1.55. The van der Waals surface area contributed by atoms with Crippen LogP contribution in [-0.2, 0) is 0 Å². The molecule has 0 bridgehead atoms. The van der Waals surface area contributed by atoms with Crippen molar-refractivity contribution in [2.24, 2.45) is 0 Å². The van der Waals surface area contributed by atoms with Crippen LogP contribution < -0.4 is 0 Å². The summed E-state index contributed by atoms with van der Waals surface area (Å²) in [7, 11) is 0. The zero-order valence-corrected chi connectivity index (χ0v) is 12.6. The van der Waals surface area contributed by atoms with Crippen LogP contribution in [0, 0.1) is 19.7 Å². The number of hydrogen-bond donors (Lipinski definition) is 0. The minimum atomic E-state index is -0.234. The quantitative estimate of drug-likeness (QED) is 0.628. The van der Waals surface area contributed by atoms with E-state index in [1.54, 1.807) is 30.4 Å². The summed E-state index contributed by atoms with van der Waals surface area (Å²) in [6, 6.07) is 7.05. The van der Waals surface area contributed by atoms with Crippen molar-refractivity contribution in [1.82, 2.24) is 0 Å². The van der Waals surface area contributed by atoms with Crippen LogP contribution in [0.3, 0.4) is 0 Å². The Labute approximate surface area is 118 Å². The van der Waals surface area contributed by atoms with Crippen LogP contribution in [0.1, 0.15) is 26.3 Å². The van der Waals surface area contributed by atoms with Gasteiger partial charge in [-0.2, -0.15) is 0 Å². The molecule has 0 radical (unpaired) electrons. The van der Waals surface area contributed by atoms with E-state index in [0.29, 0.717) is 5.56 Å². The fourth-order valence-corrected chi connectivity index (χ4v) is 4.06. The highest BCUT2D eigenvalue weighted by atomic mass is 79.9. The lowest BCUT2D eigenvalue weighted by Crippen LogP contribution is -1.93. The van der Waals surface area contributed by atoms with Gasteiger partial charge in [0.05, 0.1) is 5.38 Å². The highest BCUT2D eigenvalue weighted by Gasteiger charge is 2.17. The molecule has 17 heavy (non-hydrogen) atoms. The zero-order valence-electron chi connectivity index (χ0n) is 9.43. The molecule has 0 aliphatic carbocycles. The largest absolute Gasteiger partial charge is 0.207 e. The summed E-state index contributed by atoms with van der Waals surface area (Å²) in [6.45, 7) is 3.79. The third kappa shape index (κ3) is 2.72. The maximum Gasteiger partial charge on any atom is 0.126 e. The zero-order chi connectivity index (χ0) is 12.6. The number of aryl methyl sites for hydroxylation is 2. The van der Waals surface area contributed by atoms with Crippen LogP contribution in [0.5, 0.6) is 0 Å². The second-order valence-corrected chi connectivity index (χ2v) is 6.52. The number of benzene rings is 1. The van der Waals surface area contributed by atoms with Gasteiger partial charge in [0.25, 0.3) is 0 Å². The van der Waals surface area contributed by atoms with Crippen LogP contribution in [0.4, 0.5) is 4.39 Å². The Hall–Kier alpha value is -0.380. The van der Waals surface area contributed by atoms with E-state index in [0.717, 1.165) is 14.9 Å². The number of alkyl halides is 1. The van der Waals surface area contributed by atoms with E-state index in [9.17, 15) is 4.39 Å². The summed E-state index contributed by atoms with van der Waals surface area (Å²) < 4.78 is 14.2. The summed E-state index contributed by atoms with van der Waals surface area (Å²) in [6.07, 6.45) is 0. The molecule has 90 valence electrons. The molecule has 1 aromatic carbocycles. The Kier molecular flexibility index (Phi) is 3.91. The molecule has 0 saturated heterocycles. The van der Waals surface area contributed by atoms with Gasteiger partial charge in [-0.1, -0.05) is 12.1 Å². The Balaban J connectivity index is 2.40. The molecular weight excluding hydrogens is 323 g/mol. The van der Waals surface area contributed by atoms with E-state index in [2.05, 4.69) is 15.9 Å². The first kappa shape index (κ1) is 13.1. The summed E-state index contributed by atoms with van der Waals surface area (Å²) in [5.74, 6) is -0.195. The average Bonchev–Trinajstić information content (AvgIpc) is 2.61. The van der Waals surface area contributed by atoms with Crippen LogP contribution in [-0.4, -0.2) is 0 Å². The third-order valence-electron chi connectivity index (χ3n) is 2.54. The Morgan fingerprint density at radius 2 is 2.00 bits per heavy atom. The van der Waals surface area contributed by atoms with Crippen LogP contribution in [0.25, 0.3) is 0 Å². The van der Waals surface area contributed by atoms with Crippen molar-refractivity contribution in [2.75, 3.05) is 0 Å². The first-order valence-corrected chi connectivity index (χ1v) is 7.19. The van der Waals surface area contributed by atoms with E-state index in [4.69, 9.17) is 11.6 Å². The molecule has 1 aromatic heterocycles. The first-order chi connectivity index (χ1) is 7.99. The van der Waals surface area contributed by atoms with Gasteiger partial charge in [-0.05, 0) is 53.0 Å². The van der Waals surface area contributed by atoms with E-state index in [-0.39, 0.29) is 11.2 Å². The van der Waals surface area contributed by atoms with Gasteiger partial charge in [0.2, 0.25) is 0 Å². The van der Waals surface area contributed by atoms with Gasteiger partial charge in [0.15, 0.2) is 0 Å². The smallest absolute Gasteiger partial charge is 0.126 e. The molecule has 0 saturated carbocycles. The third-order valence-corrected chi connectivity index (χ3v) is 5.17. The molecule has 1 atom stereocenters. The highest BCUT2D eigenvalue weighted by molar-refractivity contribution is 9.10. The molecule has 4 heteroatoms. The maximum atomic E-state index is 13.2. The topological polar surface area (TPSA) is 0 Å². The molecular formula is C13H11BrClFS. The van der Waals surface area contributed by atoms with Gasteiger partial charge in [0.1, 0.15) is 5.82 Å². The van der Waals surface area contributed by atoms with E-state index < -0.39 is 0 Å². The molecule has 0 N–H and O–H groups in total. The maximum absolute atomic E-state index is 13.2. The fraction of sp³-hybridized carbons (Fsp3) is 0.231. The number of thiophene rings is 1. The molecule has 2 rings (SSSR count). The Morgan fingerprint density at radius 1 is 1.29 bits per heavy atom. The highest BCUT2D eigenvalue weighted by Crippen LogP contribution is 2.39. The summed E-state index contributed by atoms with van der Waals surface area (Å²) in [4.78, 5) is 2.27. The first-order valence-electron chi connectivity index (χ1n) is 5.15. The van der Waals surface area contributed by atoms with Crippen LogP contribution in [0.15, 0.2) is 28.7 Å². The van der Waals surface area contributed by atoms with Crippen molar-refractivity contribution < 1.29 is 4.39 Å². The van der Waals surface area contributed by atoms with Crippen molar-refractivity contribution in [1.29, 1.82) is 0 Å². The summed E-state index contributed by atoms with van der Waals surface area (Å²) >= 11 is 11.6. The van der Waals surface area contributed by atoms with Gasteiger partial charge in [-0.15, -0.1) is 22.9 Å². The second-order valence-electron chi connectivity index (χ2n) is 3.94. The van der Waals surface area contributed by atoms with Gasteiger partial charge >= 0.3 is 0 Å². The second kappa shape index (κ2) is 5.09. The fourth-order valence-electron chi connectivity index (χ4n) is 1.65. The van der Waals surface area contributed by atoms with Crippen molar-refractivity contribution in [2.45, 2.75) is 19.2 Å². The minimum absolute atomic E-state index is 0.195. The van der Waals surface area contributed by atoms with E-state index in [1.165, 1.54) is 10.9 Å². The van der Waals surface area contributed by atoms with E-state index >= 15 is 0 Å². The number of rotatable bonds is 2. The van der Waals surface area contributed by atoms with Crippen LogP contribution >= 0.6 is 38.9 Å².